The highest BCUT2D eigenvalue weighted by molar-refractivity contribution is 5.94. The molecule has 3 N–H and O–H groups in total. The molecule has 22 heavy (non-hydrogen) atoms. The number of H-pyrrole nitrogens is 1. The van der Waals surface area contributed by atoms with E-state index in [4.69, 9.17) is 0 Å². The van der Waals surface area contributed by atoms with Crippen LogP contribution in [-0.2, 0) is 6.54 Å². The van der Waals surface area contributed by atoms with Crippen molar-refractivity contribution < 1.29 is 9.59 Å². The summed E-state index contributed by atoms with van der Waals surface area (Å²) in [5, 5.41) is 12.4. The van der Waals surface area contributed by atoms with E-state index >= 15 is 0 Å². The van der Waals surface area contributed by atoms with E-state index in [1.54, 1.807) is 19.2 Å². The van der Waals surface area contributed by atoms with Crippen molar-refractivity contribution in [3.05, 3.63) is 52.8 Å². The van der Waals surface area contributed by atoms with Crippen molar-refractivity contribution in [1.82, 2.24) is 20.8 Å². The van der Waals surface area contributed by atoms with Crippen LogP contribution in [0.5, 0.6) is 0 Å². The van der Waals surface area contributed by atoms with Gasteiger partial charge in [0.05, 0.1) is 0 Å². The van der Waals surface area contributed by atoms with Crippen molar-refractivity contribution in [2.45, 2.75) is 25.3 Å². The highest BCUT2D eigenvalue weighted by Gasteiger charge is 2.26. The Morgan fingerprint density at radius 3 is 2.59 bits per heavy atom. The predicted molar refractivity (Wildman–Crippen MR) is 81.6 cm³/mol. The van der Waals surface area contributed by atoms with E-state index in [1.165, 1.54) is 12.8 Å². The molecule has 3 rings (SSSR count). The third-order valence-electron chi connectivity index (χ3n) is 3.74. The Labute approximate surface area is 128 Å². The zero-order valence-electron chi connectivity index (χ0n) is 12.3. The molecule has 1 aromatic carbocycles. The minimum absolute atomic E-state index is 0.125. The second-order valence-corrected chi connectivity index (χ2v) is 5.44. The average Bonchev–Trinajstić information content (AvgIpc) is 3.29. The standard InChI is InChI=1S/C16H18N4O2/c1-17-15(21)12-4-2-10(3-5-12)9-18-16(22)14-8-13(19-20-14)11-6-7-11/h2-5,8,11H,6-7,9H2,1H3,(H,17,21)(H,18,22)(H,19,20). The summed E-state index contributed by atoms with van der Waals surface area (Å²) in [6.07, 6.45) is 2.34. The van der Waals surface area contributed by atoms with Crippen LogP contribution in [0.4, 0.5) is 0 Å². The lowest BCUT2D eigenvalue weighted by Crippen LogP contribution is -2.23. The number of aromatic nitrogens is 2. The van der Waals surface area contributed by atoms with Gasteiger partial charge in [-0.15, -0.1) is 0 Å². The molecule has 0 atom stereocenters. The fourth-order valence-electron chi connectivity index (χ4n) is 2.25. The van der Waals surface area contributed by atoms with Crippen molar-refractivity contribution in [1.29, 1.82) is 0 Å². The van der Waals surface area contributed by atoms with Crippen LogP contribution in [0.2, 0.25) is 0 Å². The second-order valence-electron chi connectivity index (χ2n) is 5.44. The van der Waals surface area contributed by atoms with Crippen molar-refractivity contribution >= 4 is 11.8 Å². The minimum Gasteiger partial charge on any atom is -0.355 e. The molecule has 6 heteroatoms. The third kappa shape index (κ3) is 3.16. The molecule has 1 aromatic heterocycles. The lowest BCUT2D eigenvalue weighted by atomic mass is 10.1. The van der Waals surface area contributed by atoms with Crippen LogP contribution in [0.25, 0.3) is 0 Å². The lowest BCUT2D eigenvalue weighted by Gasteiger charge is -2.05. The molecular weight excluding hydrogens is 280 g/mol. The molecule has 1 aliphatic rings. The number of carbonyl (C=O) groups excluding carboxylic acids is 2. The van der Waals surface area contributed by atoms with Crippen LogP contribution in [0.1, 0.15) is 50.9 Å². The number of carbonyl (C=O) groups is 2. The number of rotatable bonds is 5. The maximum atomic E-state index is 12.0. The molecule has 114 valence electrons. The van der Waals surface area contributed by atoms with Gasteiger partial charge in [-0.2, -0.15) is 5.10 Å². The number of nitrogens with one attached hydrogen (secondary N) is 3. The van der Waals surface area contributed by atoms with Gasteiger partial charge in [0.2, 0.25) is 0 Å². The molecule has 1 aliphatic carbocycles. The monoisotopic (exact) mass is 298 g/mol. The molecule has 0 spiro atoms. The Hall–Kier alpha value is -2.63. The first-order valence-electron chi connectivity index (χ1n) is 7.32. The first-order valence-corrected chi connectivity index (χ1v) is 7.32. The summed E-state index contributed by atoms with van der Waals surface area (Å²) in [5.41, 5.74) is 2.99. The van der Waals surface area contributed by atoms with Crippen molar-refractivity contribution in [3.8, 4) is 0 Å². The molecule has 0 saturated heterocycles. The fourth-order valence-corrected chi connectivity index (χ4v) is 2.25. The van der Waals surface area contributed by atoms with Crippen molar-refractivity contribution in [2.75, 3.05) is 7.05 Å². The first kappa shape index (κ1) is 14.3. The van der Waals surface area contributed by atoms with Gasteiger partial charge in [0.25, 0.3) is 11.8 Å². The van der Waals surface area contributed by atoms with Crippen LogP contribution in [0.15, 0.2) is 30.3 Å². The number of benzene rings is 1. The van der Waals surface area contributed by atoms with E-state index < -0.39 is 0 Å². The number of nitrogens with zero attached hydrogens (tertiary/aromatic N) is 1. The molecule has 0 unspecified atom stereocenters. The number of aromatic amines is 1. The zero-order valence-corrected chi connectivity index (χ0v) is 12.3. The summed E-state index contributed by atoms with van der Waals surface area (Å²) >= 11 is 0. The van der Waals surface area contributed by atoms with Crippen LogP contribution >= 0.6 is 0 Å². The van der Waals surface area contributed by atoms with Gasteiger partial charge in [0, 0.05) is 30.8 Å². The molecule has 0 bridgehead atoms. The maximum Gasteiger partial charge on any atom is 0.272 e. The normalized spacial score (nSPS) is 13.7. The van der Waals surface area contributed by atoms with E-state index in [0.717, 1.165) is 11.3 Å². The third-order valence-corrected chi connectivity index (χ3v) is 3.74. The van der Waals surface area contributed by atoms with E-state index in [-0.39, 0.29) is 11.8 Å². The van der Waals surface area contributed by atoms with E-state index in [2.05, 4.69) is 20.8 Å². The number of hydrogen-bond acceptors (Lipinski definition) is 3. The van der Waals surface area contributed by atoms with Gasteiger partial charge in [-0.1, -0.05) is 12.1 Å². The van der Waals surface area contributed by atoms with Crippen LogP contribution in [0.3, 0.4) is 0 Å². The summed E-state index contributed by atoms with van der Waals surface area (Å²) in [7, 11) is 1.59. The van der Waals surface area contributed by atoms with Crippen LogP contribution in [-0.4, -0.2) is 29.1 Å². The van der Waals surface area contributed by atoms with E-state index in [1.807, 2.05) is 18.2 Å². The van der Waals surface area contributed by atoms with E-state index in [9.17, 15) is 9.59 Å². The average molecular weight is 298 g/mol. The maximum absolute atomic E-state index is 12.0. The summed E-state index contributed by atoms with van der Waals surface area (Å²) in [6, 6.07) is 8.94. The number of amides is 2. The predicted octanol–water partition coefficient (Wildman–Crippen LogP) is 1.58. The summed E-state index contributed by atoms with van der Waals surface area (Å²) in [5.74, 6) is 0.226. The van der Waals surface area contributed by atoms with Crippen molar-refractivity contribution in [2.24, 2.45) is 0 Å². The zero-order chi connectivity index (χ0) is 15.5. The Kier molecular flexibility index (Phi) is 3.91. The fraction of sp³-hybridized carbons (Fsp3) is 0.312. The quantitative estimate of drug-likeness (QED) is 0.783. The van der Waals surface area contributed by atoms with Gasteiger partial charge in [0.15, 0.2) is 0 Å². The Morgan fingerprint density at radius 1 is 1.23 bits per heavy atom. The highest BCUT2D eigenvalue weighted by atomic mass is 16.2. The molecule has 6 nitrogen and oxygen atoms in total. The molecule has 1 heterocycles. The molecule has 1 saturated carbocycles. The summed E-state index contributed by atoms with van der Waals surface area (Å²) < 4.78 is 0. The van der Waals surface area contributed by atoms with Gasteiger partial charge >= 0.3 is 0 Å². The van der Waals surface area contributed by atoms with Gasteiger partial charge < -0.3 is 10.6 Å². The molecule has 0 aliphatic heterocycles. The SMILES string of the molecule is CNC(=O)c1ccc(CNC(=O)c2cc(C3CC3)[nH]n2)cc1. The summed E-state index contributed by atoms with van der Waals surface area (Å²) in [4.78, 5) is 23.5. The second kappa shape index (κ2) is 6.01. The Morgan fingerprint density at radius 2 is 1.95 bits per heavy atom. The topological polar surface area (TPSA) is 86.9 Å². The first-order chi connectivity index (χ1) is 10.7. The Bertz CT molecular complexity index is 686. The van der Waals surface area contributed by atoms with Crippen LogP contribution in [0, 0.1) is 0 Å². The number of hydrogen-bond donors (Lipinski definition) is 3. The summed E-state index contributed by atoms with van der Waals surface area (Å²) in [6.45, 7) is 0.401. The van der Waals surface area contributed by atoms with Gasteiger partial charge in [-0.3, -0.25) is 14.7 Å². The van der Waals surface area contributed by atoms with Crippen LogP contribution < -0.4 is 10.6 Å². The van der Waals surface area contributed by atoms with Crippen molar-refractivity contribution in [3.63, 3.8) is 0 Å². The lowest BCUT2D eigenvalue weighted by molar-refractivity contribution is 0.0942. The van der Waals surface area contributed by atoms with Gasteiger partial charge in [-0.05, 0) is 36.6 Å². The van der Waals surface area contributed by atoms with Gasteiger partial charge in [-0.25, -0.2) is 0 Å². The molecule has 2 amide bonds. The minimum atomic E-state index is -0.196. The Balaban J connectivity index is 1.56. The van der Waals surface area contributed by atoms with E-state index in [0.29, 0.717) is 23.7 Å². The molecule has 0 radical (unpaired) electrons. The van der Waals surface area contributed by atoms with Gasteiger partial charge in [0.1, 0.15) is 5.69 Å². The molecule has 2 aromatic rings. The molecular formula is C16H18N4O2. The largest absolute Gasteiger partial charge is 0.355 e. The molecule has 1 fully saturated rings. The highest BCUT2D eigenvalue weighted by Crippen LogP contribution is 2.38. The smallest absolute Gasteiger partial charge is 0.272 e.